The van der Waals surface area contributed by atoms with Crippen LogP contribution in [0.4, 0.5) is 13.2 Å². The van der Waals surface area contributed by atoms with E-state index in [2.05, 4.69) is 26.1 Å². The predicted octanol–water partition coefficient (Wildman–Crippen LogP) is 5.23. The van der Waals surface area contributed by atoms with E-state index in [4.69, 9.17) is 11.6 Å². The molecule has 1 heterocycles. The van der Waals surface area contributed by atoms with Crippen molar-refractivity contribution >= 4 is 52.3 Å². The highest BCUT2D eigenvalue weighted by Gasteiger charge is 2.31. The molecule has 1 aromatic carbocycles. The molecule has 1 atom stereocenters. The number of hydrogen-bond donors (Lipinski definition) is 1. The number of rotatable bonds is 4. The van der Waals surface area contributed by atoms with Crippen LogP contribution in [-0.2, 0) is 0 Å². The highest BCUT2D eigenvalue weighted by molar-refractivity contribution is 9.10. The highest BCUT2D eigenvalue weighted by Crippen LogP contribution is 2.34. The van der Waals surface area contributed by atoms with Gasteiger partial charge in [-0.2, -0.15) is 13.2 Å². The van der Waals surface area contributed by atoms with Gasteiger partial charge in [-0.25, -0.2) is 0 Å². The van der Waals surface area contributed by atoms with Crippen molar-refractivity contribution in [1.29, 1.82) is 0 Å². The lowest BCUT2D eigenvalue weighted by Crippen LogP contribution is -2.45. The Bertz CT molecular complexity index is 483. The van der Waals surface area contributed by atoms with E-state index in [1.165, 1.54) is 0 Å². The Morgan fingerprint density at radius 1 is 1.22 bits per heavy atom. The lowest BCUT2D eigenvalue weighted by molar-refractivity contribution is -0.138. The molecular weight excluding hydrogens is 439 g/mol. The third-order valence-electron chi connectivity index (χ3n) is 3.62. The van der Waals surface area contributed by atoms with E-state index in [0.29, 0.717) is 9.50 Å². The van der Waals surface area contributed by atoms with Crippen LogP contribution in [0.2, 0.25) is 5.02 Å². The van der Waals surface area contributed by atoms with Crippen LogP contribution in [0.1, 0.15) is 24.4 Å². The average molecular weight is 459 g/mol. The molecule has 0 amide bonds. The van der Waals surface area contributed by atoms with Crippen LogP contribution in [0.15, 0.2) is 22.7 Å². The summed E-state index contributed by atoms with van der Waals surface area (Å²) in [5.74, 6) is 0. The van der Waals surface area contributed by atoms with Crippen molar-refractivity contribution in [1.82, 2.24) is 10.2 Å². The number of nitrogens with one attached hydrogen (secondary N) is 1. The summed E-state index contributed by atoms with van der Waals surface area (Å²) in [6.45, 7) is 3.11. The van der Waals surface area contributed by atoms with E-state index < -0.39 is 12.6 Å². The third-order valence-corrected chi connectivity index (χ3v) is 4.84. The molecule has 0 spiro atoms. The zero-order valence-electron chi connectivity index (χ0n) is 12.2. The van der Waals surface area contributed by atoms with Gasteiger partial charge in [0, 0.05) is 43.1 Å². The number of benzene rings is 1. The summed E-state index contributed by atoms with van der Waals surface area (Å²) in [7, 11) is 0. The number of alkyl halides is 3. The fourth-order valence-corrected chi connectivity index (χ4v) is 3.09. The van der Waals surface area contributed by atoms with E-state index >= 15 is 0 Å². The van der Waals surface area contributed by atoms with Crippen LogP contribution in [0.3, 0.4) is 0 Å². The van der Waals surface area contributed by atoms with Gasteiger partial charge in [-0.15, -0.1) is 24.8 Å². The molecule has 2 rings (SSSR count). The van der Waals surface area contributed by atoms with Crippen LogP contribution in [0, 0.1) is 0 Å². The van der Waals surface area contributed by atoms with Crippen molar-refractivity contribution in [2.45, 2.75) is 25.1 Å². The van der Waals surface area contributed by atoms with Crippen molar-refractivity contribution in [3.63, 3.8) is 0 Å². The Balaban J connectivity index is 0.00000242. The highest BCUT2D eigenvalue weighted by atomic mass is 79.9. The lowest BCUT2D eigenvalue weighted by Gasteiger charge is -2.35. The van der Waals surface area contributed by atoms with Gasteiger partial charge in [0.15, 0.2) is 0 Å². The van der Waals surface area contributed by atoms with Crippen LogP contribution in [0.5, 0.6) is 0 Å². The maximum Gasteiger partial charge on any atom is 0.389 e. The number of halogens is 7. The Morgan fingerprint density at radius 2 is 1.83 bits per heavy atom. The molecule has 134 valence electrons. The molecule has 1 aliphatic rings. The molecular formula is C14H19BrCl3F3N2. The second-order valence-electron chi connectivity index (χ2n) is 5.13. The summed E-state index contributed by atoms with van der Waals surface area (Å²) >= 11 is 9.31. The van der Waals surface area contributed by atoms with Gasteiger partial charge in [-0.05, 0) is 40.0 Å². The van der Waals surface area contributed by atoms with Crippen molar-refractivity contribution in [2.24, 2.45) is 0 Å². The molecule has 1 aromatic rings. The van der Waals surface area contributed by atoms with Crippen molar-refractivity contribution in [3.8, 4) is 0 Å². The second-order valence-corrected chi connectivity index (χ2v) is 6.39. The molecule has 0 unspecified atom stereocenters. The van der Waals surface area contributed by atoms with Crippen molar-refractivity contribution < 1.29 is 13.2 Å². The lowest BCUT2D eigenvalue weighted by atomic mass is 9.99. The molecule has 1 N–H and O–H groups in total. The zero-order valence-corrected chi connectivity index (χ0v) is 16.2. The van der Waals surface area contributed by atoms with Crippen LogP contribution in [-0.4, -0.2) is 37.3 Å². The summed E-state index contributed by atoms with van der Waals surface area (Å²) in [4.78, 5) is 2.11. The molecule has 9 heteroatoms. The van der Waals surface area contributed by atoms with E-state index in [9.17, 15) is 13.2 Å². The fraction of sp³-hybridized carbons (Fsp3) is 0.571. The Labute approximate surface area is 160 Å². The maximum atomic E-state index is 12.6. The molecule has 0 radical (unpaired) electrons. The fourth-order valence-electron chi connectivity index (χ4n) is 2.57. The molecule has 1 aliphatic heterocycles. The SMILES string of the molecule is Cl.Cl.FC(F)(F)CC[C@H](c1ccc(Cl)c(Br)c1)N1CCNCC1. The molecule has 23 heavy (non-hydrogen) atoms. The average Bonchev–Trinajstić information content (AvgIpc) is 2.43. The summed E-state index contributed by atoms with van der Waals surface area (Å²) in [6, 6.07) is 5.13. The Morgan fingerprint density at radius 3 is 2.35 bits per heavy atom. The summed E-state index contributed by atoms with van der Waals surface area (Å²) < 4.78 is 38.5. The van der Waals surface area contributed by atoms with E-state index in [0.717, 1.165) is 31.7 Å². The molecule has 0 saturated carbocycles. The van der Waals surface area contributed by atoms with Gasteiger partial charge < -0.3 is 5.32 Å². The molecule has 1 fully saturated rings. The van der Waals surface area contributed by atoms with Crippen LogP contribution >= 0.6 is 52.3 Å². The summed E-state index contributed by atoms with van der Waals surface area (Å²) in [5.41, 5.74) is 0.873. The normalized spacial score (nSPS) is 17.1. The quantitative estimate of drug-likeness (QED) is 0.664. The molecule has 0 aliphatic carbocycles. The zero-order chi connectivity index (χ0) is 15.5. The standard InChI is InChI=1S/C14H17BrClF3N2.2ClH/c15-11-9-10(1-2-12(11)16)13(3-4-14(17,18)19)21-7-5-20-6-8-21;;/h1-2,9,13,20H,3-8H2;2*1H/t13-;;/m1../s1. The van der Waals surface area contributed by atoms with Crippen LogP contribution < -0.4 is 5.32 Å². The van der Waals surface area contributed by atoms with Gasteiger partial charge in [-0.3, -0.25) is 4.90 Å². The molecule has 1 saturated heterocycles. The first-order valence-corrected chi connectivity index (χ1v) is 8.00. The second kappa shape index (κ2) is 10.3. The minimum absolute atomic E-state index is 0. The van der Waals surface area contributed by atoms with Crippen molar-refractivity contribution in [3.05, 3.63) is 33.3 Å². The van der Waals surface area contributed by atoms with Gasteiger partial charge >= 0.3 is 6.18 Å². The smallest absolute Gasteiger partial charge is 0.314 e. The van der Waals surface area contributed by atoms with Gasteiger partial charge in [0.05, 0.1) is 5.02 Å². The van der Waals surface area contributed by atoms with Gasteiger partial charge in [0.1, 0.15) is 0 Å². The van der Waals surface area contributed by atoms with E-state index in [1.807, 2.05) is 12.1 Å². The molecule has 2 nitrogen and oxygen atoms in total. The van der Waals surface area contributed by atoms with Gasteiger partial charge in [-0.1, -0.05) is 17.7 Å². The monoisotopic (exact) mass is 456 g/mol. The summed E-state index contributed by atoms with van der Waals surface area (Å²) in [5, 5.41) is 3.78. The van der Waals surface area contributed by atoms with Gasteiger partial charge in [0.2, 0.25) is 0 Å². The number of hydrogen-bond acceptors (Lipinski definition) is 2. The van der Waals surface area contributed by atoms with Gasteiger partial charge in [0.25, 0.3) is 0 Å². The summed E-state index contributed by atoms with van der Waals surface area (Å²) in [6.07, 6.45) is -4.84. The van der Waals surface area contributed by atoms with Crippen LogP contribution in [0.25, 0.3) is 0 Å². The minimum Gasteiger partial charge on any atom is -0.314 e. The number of nitrogens with zero attached hydrogens (tertiary/aromatic N) is 1. The first-order valence-electron chi connectivity index (χ1n) is 6.83. The molecule has 0 aromatic heterocycles. The topological polar surface area (TPSA) is 15.3 Å². The van der Waals surface area contributed by atoms with E-state index in [-0.39, 0.29) is 37.3 Å². The first kappa shape index (κ1) is 23.3. The van der Waals surface area contributed by atoms with Crippen molar-refractivity contribution in [2.75, 3.05) is 26.2 Å². The third kappa shape index (κ3) is 7.36. The largest absolute Gasteiger partial charge is 0.389 e. The number of piperazine rings is 1. The maximum absolute atomic E-state index is 12.6. The Kier molecular flexibility index (Phi) is 10.4. The van der Waals surface area contributed by atoms with E-state index in [1.54, 1.807) is 6.07 Å². The molecule has 0 bridgehead atoms. The first-order chi connectivity index (χ1) is 9.87. The Hall–Kier alpha value is 0.280. The minimum atomic E-state index is -4.13. The predicted molar refractivity (Wildman–Crippen MR) is 96.1 cm³/mol.